The highest BCUT2D eigenvalue weighted by Crippen LogP contribution is 2.50. The Balaban J connectivity index is 1.83. The van der Waals surface area contributed by atoms with Crippen molar-refractivity contribution in [2.75, 3.05) is 0 Å². The minimum absolute atomic E-state index is 0.0860. The number of Topliss-reactive ketones (excluding diaryl/α,β-unsaturated/α-hetero) is 1. The summed E-state index contributed by atoms with van der Waals surface area (Å²) < 4.78 is 5.56. The highest BCUT2D eigenvalue weighted by Gasteiger charge is 2.63. The molecular weight excluding hydrogens is 188 g/mol. The summed E-state index contributed by atoms with van der Waals surface area (Å²) in [7, 11) is 0. The van der Waals surface area contributed by atoms with Crippen molar-refractivity contribution in [3.63, 3.8) is 0 Å². The Hall–Kier alpha value is -1.15. The predicted octanol–water partition coefficient (Wildman–Crippen LogP) is 2.04. The van der Waals surface area contributed by atoms with Gasteiger partial charge in [0.2, 0.25) is 0 Å². The molecule has 1 aromatic carbocycles. The number of epoxide rings is 1. The summed E-state index contributed by atoms with van der Waals surface area (Å²) in [6, 6.07) is 8.33. The molecule has 78 valence electrons. The fourth-order valence-corrected chi connectivity index (χ4v) is 2.57. The van der Waals surface area contributed by atoms with Gasteiger partial charge >= 0.3 is 0 Å². The summed E-state index contributed by atoms with van der Waals surface area (Å²) in [6.45, 7) is 2.11. The lowest BCUT2D eigenvalue weighted by atomic mass is 9.94. The van der Waals surface area contributed by atoms with Crippen LogP contribution >= 0.6 is 0 Å². The fourth-order valence-electron chi connectivity index (χ4n) is 2.57. The number of fused-ring (bicyclic) bond motifs is 1. The van der Waals surface area contributed by atoms with Gasteiger partial charge in [0.1, 0.15) is 11.7 Å². The van der Waals surface area contributed by atoms with Crippen LogP contribution < -0.4 is 0 Å². The van der Waals surface area contributed by atoms with E-state index in [0.717, 1.165) is 12.8 Å². The van der Waals surface area contributed by atoms with E-state index >= 15 is 0 Å². The van der Waals surface area contributed by atoms with E-state index < -0.39 is 0 Å². The van der Waals surface area contributed by atoms with Crippen LogP contribution in [0.5, 0.6) is 0 Å². The van der Waals surface area contributed by atoms with Crippen LogP contribution in [-0.2, 0) is 16.0 Å². The maximum Gasteiger partial charge on any atom is 0.164 e. The third-order valence-corrected chi connectivity index (χ3v) is 3.61. The SMILES string of the molecule is Cc1ccccc1C[C@]12CCC(=O)[C@H]1O2. The molecule has 2 aliphatic rings. The van der Waals surface area contributed by atoms with Gasteiger partial charge in [-0.15, -0.1) is 0 Å². The first-order valence-corrected chi connectivity index (χ1v) is 5.46. The quantitative estimate of drug-likeness (QED) is 0.687. The number of hydrogen-bond acceptors (Lipinski definition) is 2. The van der Waals surface area contributed by atoms with Gasteiger partial charge in [-0.05, 0) is 24.5 Å². The van der Waals surface area contributed by atoms with E-state index in [4.69, 9.17) is 4.74 Å². The third-order valence-electron chi connectivity index (χ3n) is 3.61. The first-order chi connectivity index (χ1) is 7.21. The molecule has 1 aromatic rings. The lowest BCUT2D eigenvalue weighted by Gasteiger charge is -2.10. The van der Waals surface area contributed by atoms with Crippen LogP contribution in [0.1, 0.15) is 24.0 Å². The van der Waals surface area contributed by atoms with Crippen molar-refractivity contribution in [2.45, 2.75) is 37.9 Å². The Bertz CT molecular complexity index is 424. The molecule has 2 atom stereocenters. The van der Waals surface area contributed by atoms with Gasteiger partial charge in [0.15, 0.2) is 5.78 Å². The molecule has 0 N–H and O–H groups in total. The van der Waals surface area contributed by atoms with Crippen LogP contribution in [-0.4, -0.2) is 17.5 Å². The van der Waals surface area contributed by atoms with Crippen molar-refractivity contribution in [3.05, 3.63) is 35.4 Å². The number of ether oxygens (including phenoxy) is 1. The van der Waals surface area contributed by atoms with E-state index in [1.54, 1.807) is 0 Å². The summed E-state index contributed by atoms with van der Waals surface area (Å²) in [5.74, 6) is 0.295. The smallest absolute Gasteiger partial charge is 0.164 e. The van der Waals surface area contributed by atoms with E-state index in [1.807, 2.05) is 12.1 Å². The molecule has 2 heteroatoms. The lowest BCUT2D eigenvalue weighted by Crippen LogP contribution is -2.15. The zero-order valence-corrected chi connectivity index (χ0v) is 8.82. The first kappa shape index (κ1) is 9.10. The van der Waals surface area contributed by atoms with Crippen LogP contribution in [0.4, 0.5) is 0 Å². The van der Waals surface area contributed by atoms with Crippen LogP contribution in [0.3, 0.4) is 0 Å². The van der Waals surface area contributed by atoms with Gasteiger partial charge in [0, 0.05) is 12.8 Å². The molecule has 3 rings (SSSR count). The number of rotatable bonds is 2. The van der Waals surface area contributed by atoms with Gasteiger partial charge in [0.25, 0.3) is 0 Å². The lowest BCUT2D eigenvalue weighted by molar-refractivity contribution is -0.120. The molecule has 0 bridgehead atoms. The number of aryl methyl sites for hydroxylation is 1. The minimum atomic E-state index is -0.122. The molecule has 1 aliphatic heterocycles. The van der Waals surface area contributed by atoms with Gasteiger partial charge in [0.05, 0.1) is 0 Å². The molecule has 0 spiro atoms. The standard InChI is InChI=1S/C13H14O2/c1-9-4-2-3-5-10(9)8-13-7-6-11(14)12(13)15-13/h2-5,12H,6-8H2,1H3/t12-,13-/m1/s1. The fraction of sp³-hybridized carbons (Fsp3) is 0.462. The van der Waals surface area contributed by atoms with Gasteiger partial charge < -0.3 is 4.74 Å². The average molecular weight is 202 g/mol. The molecule has 0 unspecified atom stereocenters. The third kappa shape index (κ3) is 1.32. The molecule has 15 heavy (non-hydrogen) atoms. The van der Waals surface area contributed by atoms with Crippen molar-refractivity contribution < 1.29 is 9.53 Å². The molecule has 0 amide bonds. The van der Waals surface area contributed by atoms with Crippen molar-refractivity contribution >= 4 is 5.78 Å². The molecule has 2 nitrogen and oxygen atoms in total. The Kier molecular flexibility index (Phi) is 1.77. The van der Waals surface area contributed by atoms with Crippen molar-refractivity contribution in [3.8, 4) is 0 Å². The topological polar surface area (TPSA) is 29.6 Å². The Labute approximate surface area is 89.2 Å². The van der Waals surface area contributed by atoms with E-state index in [1.165, 1.54) is 11.1 Å². The summed E-state index contributed by atoms with van der Waals surface area (Å²) in [5, 5.41) is 0. The van der Waals surface area contributed by atoms with Crippen LogP contribution in [0, 0.1) is 6.92 Å². The number of ketones is 1. The molecule has 1 heterocycles. The predicted molar refractivity (Wildman–Crippen MR) is 56.7 cm³/mol. The monoisotopic (exact) mass is 202 g/mol. The maximum absolute atomic E-state index is 11.4. The van der Waals surface area contributed by atoms with Gasteiger partial charge in [-0.25, -0.2) is 0 Å². The number of hydrogen-bond donors (Lipinski definition) is 0. The summed E-state index contributed by atoms with van der Waals surface area (Å²) in [6.07, 6.45) is 2.43. The molecule has 0 radical (unpaired) electrons. The highest BCUT2D eigenvalue weighted by atomic mass is 16.6. The molecule has 2 fully saturated rings. The first-order valence-electron chi connectivity index (χ1n) is 5.46. The number of carbonyl (C=O) groups excluding carboxylic acids is 1. The highest BCUT2D eigenvalue weighted by molar-refractivity contribution is 5.90. The second kappa shape index (κ2) is 2.92. The van der Waals surface area contributed by atoms with E-state index in [9.17, 15) is 4.79 Å². The number of benzene rings is 1. The maximum atomic E-state index is 11.4. The van der Waals surface area contributed by atoms with Gasteiger partial charge in [-0.1, -0.05) is 24.3 Å². The normalized spacial score (nSPS) is 32.9. The van der Waals surface area contributed by atoms with Gasteiger partial charge in [-0.3, -0.25) is 4.79 Å². The molecule has 1 saturated carbocycles. The van der Waals surface area contributed by atoms with Crippen LogP contribution in [0.15, 0.2) is 24.3 Å². The Morgan fingerprint density at radius 1 is 1.47 bits per heavy atom. The van der Waals surface area contributed by atoms with Crippen molar-refractivity contribution in [1.29, 1.82) is 0 Å². The molecule has 1 saturated heterocycles. The molecule has 1 aliphatic carbocycles. The second-order valence-electron chi connectivity index (χ2n) is 4.63. The van der Waals surface area contributed by atoms with E-state index in [2.05, 4.69) is 19.1 Å². The second-order valence-corrected chi connectivity index (χ2v) is 4.63. The number of carbonyl (C=O) groups is 1. The molecule has 0 aromatic heterocycles. The summed E-state index contributed by atoms with van der Waals surface area (Å²) in [4.78, 5) is 11.4. The van der Waals surface area contributed by atoms with E-state index in [0.29, 0.717) is 12.2 Å². The largest absolute Gasteiger partial charge is 0.357 e. The van der Waals surface area contributed by atoms with Crippen LogP contribution in [0.2, 0.25) is 0 Å². The summed E-state index contributed by atoms with van der Waals surface area (Å²) >= 11 is 0. The summed E-state index contributed by atoms with van der Waals surface area (Å²) in [5.41, 5.74) is 2.48. The minimum Gasteiger partial charge on any atom is -0.357 e. The van der Waals surface area contributed by atoms with Crippen LogP contribution in [0.25, 0.3) is 0 Å². The zero-order chi connectivity index (χ0) is 10.5. The van der Waals surface area contributed by atoms with Gasteiger partial charge in [-0.2, -0.15) is 0 Å². The van der Waals surface area contributed by atoms with Crippen molar-refractivity contribution in [2.24, 2.45) is 0 Å². The average Bonchev–Trinajstić information content (AvgIpc) is 2.86. The van der Waals surface area contributed by atoms with Crippen molar-refractivity contribution in [1.82, 2.24) is 0 Å². The Morgan fingerprint density at radius 3 is 2.87 bits per heavy atom. The zero-order valence-electron chi connectivity index (χ0n) is 8.82. The molecular formula is C13H14O2. The van der Waals surface area contributed by atoms with E-state index in [-0.39, 0.29) is 11.7 Å². The Morgan fingerprint density at radius 2 is 2.27 bits per heavy atom.